The van der Waals surface area contributed by atoms with Crippen LogP contribution in [0.1, 0.15) is 25.8 Å². The van der Waals surface area contributed by atoms with Crippen LogP contribution >= 0.6 is 0 Å². The third-order valence-electron chi connectivity index (χ3n) is 2.70. The number of rotatable bonds is 5. The standard InChI is InChI=1S/C14H19N3O3/c1-4-10(2)16-13(18)14(19)17-15-9-11-7-5-6-8-12(11)20-3/h5-10H,4H2,1-3H3,(H,16,18)(H,17,19)/b15-9-/t10-/m1/s1. The van der Waals surface area contributed by atoms with Crippen molar-refractivity contribution in [3.8, 4) is 5.75 Å². The Morgan fingerprint density at radius 3 is 2.70 bits per heavy atom. The summed E-state index contributed by atoms with van der Waals surface area (Å²) in [7, 11) is 1.55. The van der Waals surface area contributed by atoms with E-state index in [1.54, 1.807) is 19.2 Å². The maximum absolute atomic E-state index is 11.5. The van der Waals surface area contributed by atoms with Crippen LogP contribution in [-0.2, 0) is 9.59 Å². The lowest BCUT2D eigenvalue weighted by molar-refractivity contribution is -0.139. The van der Waals surface area contributed by atoms with Gasteiger partial charge in [-0.15, -0.1) is 0 Å². The van der Waals surface area contributed by atoms with Crippen LogP contribution in [0.2, 0.25) is 0 Å². The van der Waals surface area contributed by atoms with Gasteiger partial charge in [-0.1, -0.05) is 19.1 Å². The van der Waals surface area contributed by atoms with Crippen LogP contribution in [0.4, 0.5) is 0 Å². The second-order valence-corrected chi connectivity index (χ2v) is 4.22. The summed E-state index contributed by atoms with van der Waals surface area (Å²) in [6, 6.07) is 7.16. The van der Waals surface area contributed by atoms with Crippen molar-refractivity contribution in [3.05, 3.63) is 29.8 Å². The molecule has 6 nitrogen and oxygen atoms in total. The predicted octanol–water partition coefficient (Wildman–Crippen LogP) is 1.06. The van der Waals surface area contributed by atoms with Gasteiger partial charge in [0.2, 0.25) is 0 Å². The Morgan fingerprint density at radius 2 is 2.05 bits per heavy atom. The van der Waals surface area contributed by atoms with Gasteiger partial charge in [0.15, 0.2) is 0 Å². The molecule has 0 radical (unpaired) electrons. The number of hydrogen-bond acceptors (Lipinski definition) is 4. The average Bonchev–Trinajstić information content (AvgIpc) is 2.47. The Labute approximate surface area is 118 Å². The summed E-state index contributed by atoms with van der Waals surface area (Å²) in [5, 5.41) is 6.29. The summed E-state index contributed by atoms with van der Waals surface area (Å²) in [6.07, 6.45) is 2.18. The molecule has 0 unspecified atom stereocenters. The van der Waals surface area contributed by atoms with Crippen molar-refractivity contribution in [1.29, 1.82) is 0 Å². The minimum Gasteiger partial charge on any atom is -0.496 e. The first kappa shape index (κ1) is 15.7. The van der Waals surface area contributed by atoms with Crippen LogP contribution in [0.3, 0.4) is 0 Å². The Morgan fingerprint density at radius 1 is 1.35 bits per heavy atom. The molecule has 0 bridgehead atoms. The topological polar surface area (TPSA) is 79.8 Å². The molecule has 0 aromatic heterocycles. The third kappa shape index (κ3) is 4.72. The maximum atomic E-state index is 11.5. The summed E-state index contributed by atoms with van der Waals surface area (Å²) in [6.45, 7) is 3.74. The van der Waals surface area contributed by atoms with Crippen molar-refractivity contribution in [2.45, 2.75) is 26.3 Å². The fourth-order valence-electron chi connectivity index (χ4n) is 1.38. The lowest BCUT2D eigenvalue weighted by atomic mass is 10.2. The molecule has 0 aliphatic carbocycles. The highest BCUT2D eigenvalue weighted by Crippen LogP contribution is 2.14. The molecule has 0 heterocycles. The summed E-state index contributed by atoms with van der Waals surface area (Å²) in [5.74, 6) is -0.859. The molecule has 6 heteroatoms. The van der Waals surface area contributed by atoms with Crippen molar-refractivity contribution in [1.82, 2.24) is 10.7 Å². The molecule has 108 valence electrons. The molecule has 0 aliphatic rings. The van der Waals surface area contributed by atoms with Gasteiger partial charge in [-0.3, -0.25) is 9.59 Å². The van der Waals surface area contributed by atoms with Crippen molar-refractivity contribution >= 4 is 18.0 Å². The van der Waals surface area contributed by atoms with E-state index in [0.29, 0.717) is 11.3 Å². The Balaban J connectivity index is 2.56. The number of methoxy groups -OCH3 is 1. The monoisotopic (exact) mass is 277 g/mol. The summed E-state index contributed by atoms with van der Waals surface area (Å²) in [5.41, 5.74) is 2.88. The normalized spacial score (nSPS) is 11.9. The highest BCUT2D eigenvalue weighted by atomic mass is 16.5. The van der Waals surface area contributed by atoms with Crippen molar-refractivity contribution in [2.24, 2.45) is 5.10 Å². The first-order valence-corrected chi connectivity index (χ1v) is 6.35. The van der Waals surface area contributed by atoms with E-state index in [1.165, 1.54) is 6.21 Å². The molecule has 0 fully saturated rings. The van der Waals surface area contributed by atoms with E-state index < -0.39 is 11.8 Å². The maximum Gasteiger partial charge on any atom is 0.329 e. The Hall–Kier alpha value is -2.37. The van der Waals surface area contributed by atoms with Crippen LogP contribution in [0, 0.1) is 0 Å². The van der Waals surface area contributed by atoms with Crippen molar-refractivity contribution in [3.63, 3.8) is 0 Å². The molecule has 0 saturated heterocycles. The zero-order chi connectivity index (χ0) is 15.0. The van der Waals surface area contributed by atoms with Crippen LogP contribution in [0.5, 0.6) is 5.75 Å². The zero-order valence-corrected chi connectivity index (χ0v) is 11.8. The van der Waals surface area contributed by atoms with Crippen LogP contribution in [0.25, 0.3) is 0 Å². The molecule has 0 spiro atoms. The van der Waals surface area contributed by atoms with Gasteiger partial charge >= 0.3 is 11.8 Å². The average molecular weight is 277 g/mol. The van der Waals surface area contributed by atoms with E-state index in [2.05, 4.69) is 15.8 Å². The second-order valence-electron chi connectivity index (χ2n) is 4.22. The third-order valence-corrected chi connectivity index (χ3v) is 2.70. The molecule has 0 aliphatic heterocycles. The molecular weight excluding hydrogens is 258 g/mol. The summed E-state index contributed by atoms with van der Waals surface area (Å²) < 4.78 is 5.13. The highest BCUT2D eigenvalue weighted by molar-refractivity contribution is 6.35. The molecule has 0 saturated carbocycles. The highest BCUT2D eigenvalue weighted by Gasteiger charge is 2.14. The zero-order valence-electron chi connectivity index (χ0n) is 11.8. The summed E-state index contributed by atoms with van der Waals surface area (Å²) in [4.78, 5) is 22.9. The van der Waals surface area contributed by atoms with Gasteiger partial charge in [0.05, 0.1) is 13.3 Å². The first-order chi connectivity index (χ1) is 9.58. The molecule has 20 heavy (non-hydrogen) atoms. The fraction of sp³-hybridized carbons (Fsp3) is 0.357. The number of hydrogen-bond donors (Lipinski definition) is 2. The Kier molecular flexibility index (Phi) is 6.22. The smallest absolute Gasteiger partial charge is 0.329 e. The molecule has 1 aromatic rings. The quantitative estimate of drug-likeness (QED) is 0.480. The lowest BCUT2D eigenvalue weighted by Crippen LogP contribution is -2.41. The van der Waals surface area contributed by atoms with Gasteiger partial charge in [-0.2, -0.15) is 5.10 Å². The molecule has 1 atom stereocenters. The number of para-hydroxylation sites is 1. The van der Waals surface area contributed by atoms with Gasteiger partial charge < -0.3 is 10.1 Å². The van der Waals surface area contributed by atoms with Gasteiger partial charge in [0, 0.05) is 11.6 Å². The van der Waals surface area contributed by atoms with E-state index in [-0.39, 0.29) is 6.04 Å². The number of benzene rings is 1. The Bertz CT molecular complexity index is 500. The molecule has 2 amide bonds. The molecular formula is C14H19N3O3. The van der Waals surface area contributed by atoms with E-state index in [1.807, 2.05) is 26.0 Å². The number of nitrogens with one attached hydrogen (secondary N) is 2. The van der Waals surface area contributed by atoms with E-state index in [9.17, 15) is 9.59 Å². The second kappa shape index (κ2) is 7.93. The number of ether oxygens (including phenoxy) is 1. The number of carbonyl (C=O) groups excluding carboxylic acids is 2. The van der Waals surface area contributed by atoms with Crippen molar-refractivity contribution < 1.29 is 14.3 Å². The number of nitrogens with zero attached hydrogens (tertiary/aromatic N) is 1. The number of amides is 2. The first-order valence-electron chi connectivity index (χ1n) is 6.35. The van der Waals surface area contributed by atoms with Crippen LogP contribution in [-0.4, -0.2) is 31.2 Å². The largest absolute Gasteiger partial charge is 0.496 e. The molecule has 1 rings (SSSR count). The lowest BCUT2D eigenvalue weighted by Gasteiger charge is -2.09. The van der Waals surface area contributed by atoms with Gasteiger partial charge in [-0.05, 0) is 25.5 Å². The van der Waals surface area contributed by atoms with E-state index in [4.69, 9.17) is 4.74 Å². The number of carbonyl (C=O) groups is 2. The number of hydrazone groups is 1. The van der Waals surface area contributed by atoms with Crippen LogP contribution in [0.15, 0.2) is 29.4 Å². The van der Waals surface area contributed by atoms with E-state index >= 15 is 0 Å². The minimum atomic E-state index is -0.795. The van der Waals surface area contributed by atoms with Crippen molar-refractivity contribution in [2.75, 3.05) is 7.11 Å². The molecule has 1 aromatic carbocycles. The van der Waals surface area contributed by atoms with E-state index in [0.717, 1.165) is 6.42 Å². The fourth-order valence-corrected chi connectivity index (χ4v) is 1.38. The molecule has 2 N–H and O–H groups in total. The summed E-state index contributed by atoms with van der Waals surface area (Å²) >= 11 is 0. The van der Waals surface area contributed by atoms with Gasteiger partial charge in [0.1, 0.15) is 5.75 Å². The SMILES string of the molecule is CC[C@@H](C)NC(=O)C(=O)N/N=C\c1ccccc1OC. The van der Waals surface area contributed by atoms with Gasteiger partial charge in [0.25, 0.3) is 0 Å². The van der Waals surface area contributed by atoms with Crippen LogP contribution < -0.4 is 15.5 Å². The minimum absolute atomic E-state index is 0.0496. The van der Waals surface area contributed by atoms with Gasteiger partial charge in [-0.25, -0.2) is 5.43 Å². The predicted molar refractivity (Wildman–Crippen MR) is 76.6 cm³/mol.